The van der Waals surface area contributed by atoms with Crippen molar-refractivity contribution in [2.75, 3.05) is 36.8 Å². The number of aromatic nitrogens is 2. The van der Waals surface area contributed by atoms with Gasteiger partial charge in [-0.2, -0.15) is 17.6 Å². The van der Waals surface area contributed by atoms with Crippen LogP contribution in [0.4, 0.5) is 5.82 Å². The van der Waals surface area contributed by atoms with Crippen LogP contribution in [-0.2, 0) is 29.1 Å². The van der Waals surface area contributed by atoms with Crippen LogP contribution in [0.3, 0.4) is 0 Å². The fourth-order valence-electron chi connectivity index (χ4n) is 5.48. The number of hydrogen-bond donors (Lipinski definition) is 2. The zero-order chi connectivity index (χ0) is 24.1. The van der Waals surface area contributed by atoms with Gasteiger partial charge in [0, 0.05) is 57.9 Å². The van der Waals surface area contributed by atoms with E-state index in [1.54, 1.807) is 0 Å². The second-order valence-corrected chi connectivity index (χ2v) is 11.4. The molecule has 184 valence electrons. The number of nitrogens with zero attached hydrogens (tertiary/aromatic N) is 5. The number of imide groups is 1. The molecule has 4 aliphatic rings. The maximum absolute atomic E-state index is 12.4. The van der Waals surface area contributed by atoms with Gasteiger partial charge in [-0.15, -0.1) is 11.8 Å². The van der Waals surface area contributed by atoms with Gasteiger partial charge in [-0.05, 0) is 34.7 Å². The normalized spacial score (nSPS) is 25.0. The third kappa shape index (κ3) is 4.55. The SMILES string of the molecule is O=C1CCC(N2Cc3ccc(CN4CCN(c5nc(Cl)nc6c5SCC6)CC4)cc3C2S)C(=O)N1. The van der Waals surface area contributed by atoms with Crippen molar-refractivity contribution in [3.63, 3.8) is 0 Å². The Labute approximate surface area is 219 Å². The van der Waals surface area contributed by atoms with Gasteiger partial charge in [0.05, 0.1) is 22.0 Å². The largest absolute Gasteiger partial charge is 0.353 e. The number of carbonyl (C=O) groups is 2. The predicted octanol–water partition coefficient (Wildman–Crippen LogP) is 2.65. The summed E-state index contributed by atoms with van der Waals surface area (Å²) in [7, 11) is 0. The zero-order valence-electron chi connectivity index (χ0n) is 19.2. The van der Waals surface area contributed by atoms with Crippen LogP contribution in [0, 0.1) is 0 Å². The molecule has 35 heavy (non-hydrogen) atoms. The minimum atomic E-state index is -0.311. The van der Waals surface area contributed by atoms with Gasteiger partial charge in [0.25, 0.3) is 0 Å². The first-order chi connectivity index (χ1) is 17.0. The van der Waals surface area contributed by atoms with Gasteiger partial charge >= 0.3 is 0 Å². The molecule has 1 aromatic carbocycles. The van der Waals surface area contributed by atoms with E-state index in [0.29, 0.717) is 24.7 Å². The third-order valence-corrected chi connectivity index (χ3v) is 9.18. The number of halogens is 1. The Morgan fingerprint density at radius 3 is 2.77 bits per heavy atom. The summed E-state index contributed by atoms with van der Waals surface area (Å²) in [6.45, 7) is 5.26. The molecule has 0 spiro atoms. The average molecular weight is 531 g/mol. The van der Waals surface area contributed by atoms with Gasteiger partial charge in [0.1, 0.15) is 5.82 Å². The van der Waals surface area contributed by atoms with Crippen LogP contribution in [-0.4, -0.2) is 69.6 Å². The molecule has 6 rings (SSSR count). The zero-order valence-corrected chi connectivity index (χ0v) is 21.7. The quantitative estimate of drug-likeness (QED) is 0.355. The van der Waals surface area contributed by atoms with Crippen LogP contribution in [0.25, 0.3) is 0 Å². The van der Waals surface area contributed by atoms with Crippen LogP contribution in [0.5, 0.6) is 0 Å². The number of nitrogens with one attached hydrogen (secondary N) is 1. The van der Waals surface area contributed by atoms with E-state index >= 15 is 0 Å². The minimum Gasteiger partial charge on any atom is -0.353 e. The summed E-state index contributed by atoms with van der Waals surface area (Å²) in [4.78, 5) is 41.0. The lowest BCUT2D eigenvalue weighted by molar-refractivity contribution is -0.137. The number of carbonyl (C=O) groups excluding carboxylic acids is 2. The lowest BCUT2D eigenvalue weighted by Crippen LogP contribution is -2.51. The number of benzene rings is 1. The van der Waals surface area contributed by atoms with E-state index in [2.05, 4.69) is 48.2 Å². The van der Waals surface area contributed by atoms with Crippen molar-refractivity contribution in [3.05, 3.63) is 45.9 Å². The van der Waals surface area contributed by atoms with Crippen molar-refractivity contribution in [2.45, 2.75) is 48.7 Å². The fraction of sp³-hybridized carbons (Fsp3) is 0.500. The number of fused-ring (bicyclic) bond motifs is 2. The Hall–Kier alpha value is -1.85. The summed E-state index contributed by atoms with van der Waals surface area (Å²) >= 11 is 12.9. The molecule has 0 saturated carbocycles. The predicted molar refractivity (Wildman–Crippen MR) is 139 cm³/mol. The summed E-state index contributed by atoms with van der Waals surface area (Å²) in [6, 6.07) is 6.28. The number of amides is 2. The molecule has 0 aliphatic carbocycles. The Bertz CT molecular complexity index is 1190. The van der Waals surface area contributed by atoms with E-state index < -0.39 is 0 Å². The summed E-state index contributed by atoms with van der Waals surface area (Å²) in [5.41, 5.74) is 4.70. The number of rotatable bonds is 4. The van der Waals surface area contributed by atoms with Crippen molar-refractivity contribution in [1.82, 2.24) is 25.1 Å². The minimum absolute atomic E-state index is 0.146. The van der Waals surface area contributed by atoms with E-state index in [9.17, 15) is 9.59 Å². The van der Waals surface area contributed by atoms with Crippen molar-refractivity contribution >= 4 is 53.6 Å². The van der Waals surface area contributed by atoms with Gasteiger partial charge in [-0.25, -0.2) is 4.98 Å². The highest BCUT2D eigenvalue weighted by molar-refractivity contribution is 7.99. The highest BCUT2D eigenvalue weighted by atomic mass is 35.5. The molecule has 4 aliphatic heterocycles. The van der Waals surface area contributed by atoms with Crippen LogP contribution < -0.4 is 10.2 Å². The molecule has 1 N–H and O–H groups in total. The van der Waals surface area contributed by atoms with Gasteiger partial charge in [0.15, 0.2) is 0 Å². The molecule has 0 bridgehead atoms. The summed E-state index contributed by atoms with van der Waals surface area (Å²) < 4.78 is 0. The van der Waals surface area contributed by atoms with E-state index in [-0.39, 0.29) is 23.2 Å². The average Bonchev–Trinajstić information content (AvgIpc) is 3.44. The lowest BCUT2D eigenvalue weighted by Gasteiger charge is -2.36. The van der Waals surface area contributed by atoms with E-state index in [4.69, 9.17) is 24.2 Å². The molecule has 2 unspecified atom stereocenters. The monoisotopic (exact) mass is 530 g/mol. The first-order valence-corrected chi connectivity index (χ1v) is 13.9. The molecule has 2 aromatic rings. The van der Waals surface area contributed by atoms with Gasteiger partial charge < -0.3 is 4.90 Å². The summed E-state index contributed by atoms with van der Waals surface area (Å²) in [5, 5.41) is 2.67. The molecule has 2 amide bonds. The second-order valence-electron chi connectivity index (χ2n) is 9.50. The maximum Gasteiger partial charge on any atom is 0.243 e. The standard InChI is InChI=1S/C24H27ClN6O2S2/c25-24-26-17-5-10-35-20(17)21(28-24)30-8-6-29(7-9-30)12-14-1-2-15-13-31(23(34)16(15)11-14)18-3-4-19(32)27-22(18)33/h1-2,11,18,23,34H,3-10,12-13H2,(H,27,32,33). The topological polar surface area (TPSA) is 81.7 Å². The molecule has 5 heterocycles. The maximum atomic E-state index is 12.4. The molecule has 1 aromatic heterocycles. The summed E-state index contributed by atoms with van der Waals surface area (Å²) in [5.74, 6) is 1.64. The van der Waals surface area contributed by atoms with Crippen molar-refractivity contribution in [2.24, 2.45) is 0 Å². The number of thioether (sulfide) groups is 1. The van der Waals surface area contributed by atoms with Crippen LogP contribution >= 0.6 is 36.0 Å². The highest BCUT2D eigenvalue weighted by Gasteiger charge is 2.39. The molecule has 2 fully saturated rings. The van der Waals surface area contributed by atoms with Crippen LogP contribution in [0.1, 0.15) is 40.6 Å². The van der Waals surface area contributed by atoms with Crippen molar-refractivity contribution < 1.29 is 9.59 Å². The highest BCUT2D eigenvalue weighted by Crippen LogP contribution is 2.40. The Balaban J connectivity index is 1.10. The van der Waals surface area contributed by atoms with Gasteiger partial charge in [0.2, 0.25) is 17.1 Å². The number of piperazine rings is 1. The van der Waals surface area contributed by atoms with E-state index in [1.807, 2.05) is 11.8 Å². The molecule has 2 atom stereocenters. The van der Waals surface area contributed by atoms with E-state index in [1.165, 1.54) is 16.0 Å². The molecule has 11 heteroatoms. The smallest absolute Gasteiger partial charge is 0.243 e. The Kier molecular flexibility index (Phi) is 6.42. The first-order valence-electron chi connectivity index (χ1n) is 12.0. The third-order valence-electron chi connectivity index (χ3n) is 7.32. The number of anilines is 1. The van der Waals surface area contributed by atoms with Crippen molar-refractivity contribution in [3.8, 4) is 0 Å². The molecule has 2 saturated heterocycles. The van der Waals surface area contributed by atoms with Crippen LogP contribution in [0.15, 0.2) is 23.1 Å². The van der Waals surface area contributed by atoms with Gasteiger partial charge in [-0.1, -0.05) is 18.2 Å². The number of hydrogen-bond acceptors (Lipinski definition) is 9. The number of thiol groups is 1. The lowest BCUT2D eigenvalue weighted by atomic mass is 10.0. The summed E-state index contributed by atoms with van der Waals surface area (Å²) in [6.07, 6.45) is 1.89. The number of piperidine rings is 1. The fourth-order valence-corrected chi connectivity index (χ4v) is 7.26. The molecular weight excluding hydrogens is 504 g/mol. The Morgan fingerprint density at radius 2 is 1.97 bits per heavy atom. The first kappa shape index (κ1) is 23.5. The number of aryl methyl sites for hydroxylation is 1. The van der Waals surface area contributed by atoms with E-state index in [0.717, 1.165) is 62.0 Å². The van der Waals surface area contributed by atoms with Crippen LogP contribution in [0.2, 0.25) is 5.28 Å². The second kappa shape index (κ2) is 9.55. The molecule has 8 nitrogen and oxygen atoms in total. The Morgan fingerprint density at radius 1 is 1.14 bits per heavy atom. The molecular formula is C24H27ClN6O2S2. The van der Waals surface area contributed by atoms with Crippen molar-refractivity contribution in [1.29, 1.82) is 0 Å². The van der Waals surface area contributed by atoms with Gasteiger partial charge in [-0.3, -0.25) is 24.7 Å². The molecule has 0 radical (unpaired) electrons.